The molecule has 1 aliphatic carbocycles. The van der Waals surface area contributed by atoms with Crippen molar-refractivity contribution in [2.24, 2.45) is 0 Å². The van der Waals surface area contributed by atoms with Crippen molar-refractivity contribution in [1.82, 2.24) is 9.97 Å². The summed E-state index contributed by atoms with van der Waals surface area (Å²) in [5.41, 5.74) is 11.4. The molecule has 0 aliphatic heterocycles. The standard InChI is InChI=1S/C23H18Cl2FN3O2/c1-11(14-7-17(24)18(25)8-19(14)27)15-9-29-22(23(30)31-2)21(15)16-10-28-20-6-4-12(26)3-5-13(16)20/h3-4,6-10,28-29H,1,5,27H2,2H3. The summed E-state index contributed by atoms with van der Waals surface area (Å²) in [5.74, 6) is -0.872. The number of allylic oxidation sites excluding steroid dienone is 3. The number of hydrogen-bond donors (Lipinski definition) is 3. The van der Waals surface area contributed by atoms with Gasteiger partial charge >= 0.3 is 5.97 Å². The Morgan fingerprint density at radius 1 is 1.16 bits per heavy atom. The first-order chi connectivity index (χ1) is 14.8. The number of benzene rings is 1. The largest absolute Gasteiger partial charge is 0.464 e. The Morgan fingerprint density at radius 3 is 2.65 bits per heavy atom. The summed E-state index contributed by atoms with van der Waals surface area (Å²) in [6, 6.07) is 3.19. The third-order valence-electron chi connectivity index (χ3n) is 5.21. The first-order valence-electron chi connectivity index (χ1n) is 9.30. The third-order valence-corrected chi connectivity index (χ3v) is 5.94. The molecule has 0 amide bonds. The molecule has 1 aliphatic rings. The van der Waals surface area contributed by atoms with E-state index in [-0.39, 0.29) is 11.5 Å². The Kier molecular flexibility index (Phi) is 5.52. The third kappa shape index (κ3) is 3.69. The molecule has 5 nitrogen and oxygen atoms in total. The molecule has 2 heterocycles. The lowest BCUT2D eigenvalue weighted by Crippen LogP contribution is -2.04. The molecule has 0 bridgehead atoms. The molecule has 4 rings (SSSR count). The number of halogens is 3. The summed E-state index contributed by atoms with van der Waals surface area (Å²) in [6.45, 7) is 4.19. The van der Waals surface area contributed by atoms with Crippen LogP contribution in [0.2, 0.25) is 10.0 Å². The van der Waals surface area contributed by atoms with Crippen molar-refractivity contribution >= 4 is 46.5 Å². The number of aromatic amines is 2. The Balaban J connectivity index is 1.92. The number of nitrogen functional groups attached to an aromatic ring is 1. The second kappa shape index (κ2) is 8.13. The fourth-order valence-corrected chi connectivity index (χ4v) is 4.00. The molecule has 3 aromatic rings. The van der Waals surface area contributed by atoms with Crippen LogP contribution < -0.4 is 5.73 Å². The predicted molar refractivity (Wildman–Crippen MR) is 123 cm³/mol. The summed E-state index contributed by atoms with van der Waals surface area (Å²) in [6.07, 6.45) is 8.31. The fraction of sp³-hybridized carbons (Fsp3) is 0.0870. The number of fused-ring (bicyclic) bond motifs is 1. The van der Waals surface area contributed by atoms with Gasteiger partial charge in [0.2, 0.25) is 0 Å². The first-order valence-corrected chi connectivity index (χ1v) is 10.1. The van der Waals surface area contributed by atoms with Gasteiger partial charge in [0.1, 0.15) is 11.5 Å². The van der Waals surface area contributed by atoms with Crippen LogP contribution in [0.25, 0.3) is 22.8 Å². The maximum Gasteiger partial charge on any atom is 0.355 e. The summed E-state index contributed by atoms with van der Waals surface area (Å²) in [4.78, 5) is 18.6. The minimum Gasteiger partial charge on any atom is -0.464 e. The van der Waals surface area contributed by atoms with Crippen LogP contribution in [0.4, 0.5) is 10.1 Å². The maximum atomic E-state index is 13.8. The van der Waals surface area contributed by atoms with Crippen molar-refractivity contribution in [3.63, 3.8) is 0 Å². The summed E-state index contributed by atoms with van der Waals surface area (Å²) in [5, 5.41) is 0.662. The Hall–Kier alpha value is -3.22. The number of aromatic nitrogens is 2. The van der Waals surface area contributed by atoms with E-state index < -0.39 is 5.97 Å². The van der Waals surface area contributed by atoms with Gasteiger partial charge in [-0.1, -0.05) is 29.8 Å². The topological polar surface area (TPSA) is 83.9 Å². The van der Waals surface area contributed by atoms with Crippen molar-refractivity contribution in [3.8, 4) is 11.1 Å². The normalized spacial score (nSPS) is 12.8. The van der Waals surface area contributed by atoms with Crippen LogP contribution >= 0.6 is 23.2 Å². The molecule has 2 aromatic heterocycles. The molecule has 158 valence electrons. The highest BCUT2D eigenvalue weighted by molar-refractivity contribution is 6.42. The highest BCUT2D eigenvalue weighted by atomic mass is 35.5. The monoisotopic (exact) mass is 457 g/mol. The van der Waals surface area contributed by atoms with Crippen LogP contribution in [-0.2, 0) is 11.2 Å². The number of H-pyrrole nitrogens is 2. The lowest BCUT2D eigenvalue weighted by Gasteiger charge is -2.13. The van der Waals surface area contributed by atoms with Crippen molar-refractivity contribution in [2.45, 2.75) is 6.42 Å². The van der Waals surface area contributed by atoms with Gasteiger partial charge in [0.15, 0.2) is 0 Å². The number of nitrogens with two attached hydrogens (primary N) is 1. The smallest absolute Gasteiger partial charge is 0.355 e. The van der Waals surface area contributed by atoms with Crippen molar-refractivity contribution in [2.75, 3.05) is 12.8 Å². The first kappa shape index (κ1) is 21.0. The Labute approximate surface area is 188 Å². The molecule has 0 atom stereocenters. The second-order valence-electron chi connectivity index (χ2n) is 7.00. The molecule has 0 unspecified atom stereocenters. The van der Waals surface area contributed by atoms with Gasteiger partial charge in [0.25, 0.3) is 0 Å². The summed E-state index contributed by atoms with van der Waals surface area (Å²) in [7, 11) is 1.30. The molecule has 4 N–H and O–H groups in total. The number of carbonyl (C=O) groups is 1. The van der Waals surface area contributed by atoms with E-state index in [1.807, 2.05) is 0 Å². The average Bonchev–Trinajstić information content (AvgIpc) is 3.31. The molecular formula is C23H18Cl2FN3O2. The molecule has 0 fully saturated rings. The highest BCUT2D eigenvalue weighted by Crippen LogP contribution is 2.41. The number of carbonyl (C=O) groups excluding carboxylic acids is 1. The molecule has 0 saturated heterocycles. The van der Waals surface area contributed by atoms with E-state index in [2.05, 4.69) is 16.5 Å². The Bertz CT molecular complexity index is 1280. The van der Waals surface area contributed by atoms with Crippen LogP contribution in [0.15, 0.2) is 49.1 Å². The van der Waals surface area contributed by atoms with E-state index in [9.17, 15) is 9.18 Å². The molecule has 0 spiro atoms. The SMILES string of the molecule is C=C(c1cc(Cl)c(Cl)cc1N)c1c[nH]c(C(=O)OC)c1-c1c[nH]c2c1CC=C(F)C=C2. The lowest BCUT2D eigenvalue weighted by atomic mass is 9.91. The molecule has 0 saturated carbocycles. The quantitative estimate of drug-likeness (QED) is 0.323. The van der Waals surface area contributed by atoms with E-state index >= 15 is 0 Å². The van der Waals surface area contributed by atoms with E-state index in [1.165, 1.54) is 19.3 Å². The zero-order chi connectivity index (χ0) is 22.3. The summed E-state index contributed by atoms with van der Waals surface area (Å²) >= 11 is 12.3. The van der Waals surface area contributed by atoms with Crippen LogP contribution in [-0.4, -0.2) is 23.0 Å². The van der Waals surface area contributed by atoms with Gasteiger partial charge in [-0.05, 0) is 47.9 Å². The van der Waals surface area contributed by atoms with E-state index in [0.717, 1.165) is 16.8 Å². The van der Waals surface area contributed by atoms with Gasteiger partial charge in [-0.25, -0.2) is 9.18 Å². The molecule has 8 heteroatoms. The van der Waals surface area contributed by atoms with Gasteiger partial charge in [0.05, 0.1) is 17.2 Å². The molecular weight excluding hydrogens is 440 g/mol. The minimum absolute atomic E-state index is 0.247. The van der Waals surface area contributed by atoms with Crippen molar-refractivity contribution in [3.05, 3.63) is 87.2 Å². The van der Waals surface area contributed by atoms with E-state index in [1.54, 1.807) is 30.6 Å². The van der Waals surface area contributed by atoms with Crippen molar-refractivity contribution < 1.29 is 13.9 Å². The van der Waals surface area contributed by atoms with Gasteiger partial charge in [-0.15, -0.1) is 0 Å². The number of hydrogen-bond acceptors (Lipinski definition) is 3. The maximum absolute atomic E-state index is 13.8. The number of ether oxygens (including phenoxy) is 1. The lowest BCUT2D eigenvalue weighted by molar-refractivity contribution is 0.0595. The van der Waals surface area contributed by atoms with Crippen LogP contribution in [0.1, 0.15) is 32.9 Å². The van der Waals surface area contributed by atoms with Crippen molar-refractivity contribution in [1.29, 1.82) is 0 Å². The van der Waals surface area contributed by atoms with E-state index in [4.69, 9.17) is 33.7 Å². The number of anilines is 1. The van der Waals surface area contributed by atoms with E-state index in [0.29, 0.717) is 44.4 Å². The molecule has 31 heavy (non-hydrogen) atoms. The highest BCUT2D eigenvalue weighted by Gasteiger charge is 2.26. The predicted octanol–water partition coefficient (Wildman–Crippen LogP) is 6.17. The second-order valence-corrected chi connectivity index (χ2v) is 7.81. The van der Waals surface area contributed by atoms with Crippen LogP contribution in [0.5, 0.6) is 0 Å². The number of nitrogens with one attached hydrogen (secondary N) is 2. The zero-order valence-corrected chi connectivity index (χ0v) is 18.0. The number of rotatable bonds is 4. The molecule has 0 radical (unpaired) electrons. The van der Waals surface area contributed by atoms with Crippen LogP contribution in [0.3, 0.4) is 0 Å². The number of methoxy groups -OCH3 is 1. The van der Waals surface area contributed by atoms with Gasteiger partial charge in [-0.3, -0.25) is 0 Å². The zero-order valence-electron chi connectivity index (χ0n) is 16.5. The average molecular weight is 458 g/mol. The number of esters is 1. The molecule has 1 aromatic carbocycles. The van der Waals surface area contributed by atoms with Gasteiger partial charge in [0, 0.05) is 46.0 Å². The van der Waals surface area contributed by atoms with Gasteiger partial charge in [-0.2, -0.15) is 0 Å². The Morgan fingerprint density at radius 2 is 1.90 bits per heavy atom. The van der Waals surface area contributed by atoms with Gasteiger partial charge < -0.3 is 20.4 Å². The van der Waals surface area contributed by atoms with Crippen LogP contribution in [0, 0.1) is 0 Å². The fourth-order valence-electron chi connectivity index (χ4n) is 3.66. The summed E-state index contributed by atoms with van der Waals surface area (Å²) < 4.78 is 18.8. The minimum atomic E-state index is -0.544.